The molecule has 0 spiro atoms. The summed E-state index contributed by atoms with van der Waals surface area (Å²) >= 11 is 0. The molecule has 2 fully saturated rings. The molecule has 1 aromatic rings. The monoisotopic (exact) mass is 314 g/mol. The van der Waals surface area contributed by atoms with Gasteiger partial charge in [0.1, 0.15) is 0 Å². The van der Waals surface area contributed by atoms with Crippen LogP contribution in [0.1, 0.15) is 49.7 Å². The number of likely N-dealkylation sites (tertiary alicyclic amines) is 1. The van der Waals surface area contributed by atoms with Gasteiger partial charge in [-0.05, 0) is 44.6 Å². The molecule has 1 aliphatic heterocycles. The summed E-state index contributed by atoms with van der Waals surface area (Å²) in [6.07, 6.45) is 6.11. The lowest BCUT2D eigenvalue weighted by Gasteiger charge is -2.27. The van der Waals surface area contributed by atoms with Gasteiger partial charge in [-0.2, -0.15) is 0 Å². The van der Waals surface area contributed by atoms with E-state index in [0.717, 1.165) is 38.6 Å². The van der Waals surface area contributed by atoms with Crippen molar-refractivity contribution < 1.29 is 9.59 Å². The van der Waals surface area contributed by atoms with Crippen molar-refractivity contribution >= 4 is 11.8 Å². The van der Waals surface area contributed by atoms with E-state index in [0.29, 0.717) is 19.4 Å². The van der Waals surface area contributed by atoms with Gasteiger partial charge < -0.3 is 10.2 Å². The van der Waals surface area contributed by atoms with Crippen molar-refractivity contribution in [3.8, 4) is 0 Å². The number of hydrogen-bond donors (Lipinski definition) is 1. The second-order valence-corrected chi connectivity index (χ2v) is 7.08. The van der Waals surface area contributed by atoms with Crippen LogP contribution in [0.4, 0.5) is 0 Å². The number of carbonyl (C=O) groups excluding carboxylic acids is 2. The van der Waals surface area contributed by atoms with Gasteiger partial charge >= 0.3 is 0 Å². The third kappa shape index (κ3) is 4.34. The van der Waals surface area contributed by atoms with Crippen molar-refractivity contribution in [2.24, 2.45) is 0 Å². The van der Waals surface area contributed by atoms with Crippen LogP contribution in [0.2, 0.25) is 0 Å². The molecule has 1 aliphatic carbocycles. The summed E-state index contributed by atoms with van der Waals surface area (Å²) in [5.41, 5.74) is 2.50. The van der Waals surface area contributed by atoms with Crippen LogP contribution in [0.15, 0.2) is 24.3 Å². The molecule has 124 valence electrons. The van der Waals surface area contributed by atoms with E-state index in [2.05, 4.69) is 36.5 Å². The van der Waals surface area contributed by atoms with Gasteiger partial charge in [-0.1, -0.05) is 29.8 Å². The first kappa shape index (κ1) is 16.0. The Balaban J connectivity index is 1.48. The second kappa shape index (κ2) is 6.73. The molecule has 1 heterocycles. The number of nitrogens with zero attached hydrogens (tertiary/aromatic N) is 1. The molecular weight excluding hydrogens is 288 g/mol. The molecular formula is C19H26N2O2. The molecule has 1 saturated carbocycles. The van der Waals surface area contributed by atoms with Crippen molar-refractivity contribution in [2.75, 3.05) is 13.1 Å². The molecule has 1 saturated heterocycles. The van der Waals surface area contributed by atoms with Gasteiger partial charge in [-0.3, -0.25) is 9.59 Å². The first-order valence-corrected chi connectivity index (χ1v) is 8.71. The summed E-state index contributed by atoms with van der Waals surface area (Å²) in [6, 6.07) is 8.49. The molecule has 4 heteroatoms. The zero-order valence-electron chi connectivity index (χ0n) is 13.9. The van der Waals surface area contributed by atoms with Crippen LogP contribution in [0.5, 0.6) is 0 Å². The Morgan fingerprint density at radius 2 is 2.13 bits per heavy atom. The number of rotatable bonds is 6. The summed E-state index contributed by atoms with van der Waals surface area (Å²) in [7, 11) is 0. The van der Waals surface area contributed by atoms with Gasteiger partial charge in [-0.25, -0.2) is 0 Å². The van der Waals surface area contributed by atoms with Crippen molar-refractivity contribution in [3.63, 3.8) is 0 Å². The zero-order valence-corrected chi connectivity index (χ0v) is 13.9. The van der Waals surface area contributed by atoms with Crippen LogP contribution >= 0.6 is 0 Å². The van der Waals surface area contributed by atoms with Crippen LogP contribution in [0.3, 0.4) is 0 Å². The van der Waals surface area contributed by atoms with E-state index in [4.69, 9.17) is 0 Å². The predicted octanol–water partition coefficient (Wildman–Crippen LogP) is 2.59. The summed E-state index contributed by atoms with van der Waals surface area (Å²) in [5.74, 6) is 0.276. The minimum Gasteiger partial charge on any atom is -0.350 e. The molecule has 0 atom stereocenters. The average molecular weight is 314 g/mol. The van der Waals surface area contributed by atoms with Crippen molar-refractivity contribution in [2.45, 2.75) is 57.4 Å². The lowest BCUT2D eigenvalue weighted by molar-refractivity contribution is -0.133. The Hall–Kier alpha value is -1.84. The summed E-state index contributed by atoms with van der Waals surface area (Å²) in [5, 5.41) is 3.21. The van der Waals surface area contributed by atoms with Gasteiger partial charge in [0.25, 0.3) is 0 Å². The second-order valence-electron chi connectivity index (χ2n) is 7.08. The molecule has 2 amide bonds. The normalized spacial score (nSPS) is 19.5. The maximum Gasteiger partial charge on any atom is 0.222 e. The molecule has 2 aliphatic rings. The highest BCUT2D eigenvalue weighted by atomic mass is 16.2. The van der Waals surface area contributed by atoms with E-state index in [1.54, 1.807) is 0 Å². The van der Waals surface area contributed by atoms with Gasteiger partial charge in [0.05, 0.1) is 0 Å². The predicted molar refractivity (Wildman–Crippen MR) is 90.0 cm³/mol. The maximum atomic E-state index is 12.3. The third-order valence-corrected chi connectivity index (χ3v) is 4.91. The smallest absolute Gasteiger partial charge is 0.222 e. The topological polar surface area (TPSA) is 49.4 Å². The minimum atomic E-state index is -0.0449. The van der Waals surface area contributed by atoms with Crippen molar-refractivity contribution in [1.29, 1.82) is 0 Å². The van der Waals surface area contributed by atoms with E-state index in [1.165, 1.54) is 11.1 Å². The van der Waals surface area contributed by atoms with Crippen LogP contribution in [0, 0.1) is 6.92 Å². The highest BCUT2D eigenvalue weighted by Crippen LogP contribution is 2.38. The van der Waals surface area contributed by atoms with Crippen molar-refractivity contribution in [1.82, 2.24) is 10.2 Å². The van der Waals surface area contributed by atoms with E-state index >= 15 is 0 Å². The quantitative estimate of drug-likeness (QED) is 0.877. The zero-order chi connectivity index (χ0) is 16.3. The van der Waals surface area contributed by atoms with Gasteiger partial charge in [0, 0.05) is 31.5 Å². The highest BCUT2D eigenvalue weighted by molar-refractivity contribution is 5.80. The number of piperidine rings is 1. The lowest BCUT2D eigenvalue weighted by Crippen LogP contribution is -2.42. The van der Waals surface area contributed by atoms with Gasteiger partial charge in [0.15, 0.2) is 0 Å². The molecule has 4 nitrogen and oxygen atoms in total. The minimum absolute atomic E-state index is 0.0449. The fourth-order valence-electron chi connectivity index (χ4n) is 3.40. The third-order valence-electron chi connectivity index (χ3n) is 4.91. The molecule has 23 heavy (non-hydrogen) atoms. The lowest BCUT2D eigenvalue weighted by atomic mass is 10.0. The molecule has 3 rings (SSSR count). The molecule has 0 aromatic heterocycles. The standard InChI is InChI=1S/C19H26N2O2/c1-15-5-4-6-16(13-15)14-19(9-10-19)20-17(22)8-12-21-11-3-2-7-18(21)23/h4-6,13H,2-3,7-12,14H2,1H3,(H,20,22). The van der Waals surface area contributed by atoms with E-state index < -0.39 is 0 Å². The van der Waals surface area contributed by atoms with Crippen LogP contribution in [-0.2, 0) is 16.0 Å². The van der Waals surface area contributed by atoms with Gasteiger partial charge in [-0.15, -0.1) is 0 Å². The Labute approximate surface area is 138 Å². The van der Waals surface area contributed by atoms with E-state index in [9.17, 15) is 9.59 Å². The Morgan fingerprint density at radius 1 is 1.30 bits per heavy atom. The maximum absolute atomic E-state index is 12.3. The number of aryl methyl sites for hydroxylation is 1. The fraction of sp³-hybridized carbons (Fsp3) is 0.579. The average Bonchev–Trinajstić information content (AvgIpc) is 3.25. The molecule has 0 bridgehead atoms. The van der Waals surface area contributed by atoms with E-state index in [1.807, 2.05) is 4.90 Å². The number of carbonyl (C=O) groups is 2. The molecule has 1 aromatic carbocycles. The van der Waals surface area contributed by atoms with Crippen LogP contribution in [0.25, 0.3) is 0 Å². The highest BCUT2D eigenvalue weighted by Gasteiger charge is 2.43. The molecule has 1 N–H and O–H groups in total. The van der Waals surface area contributed by atoms with Crippen LogP contribution in [-0.4, -0.2) is 35.3 Å². The molecule has 0 unspecified atom stereocenters. The van der Waals surface area contributed by atoms with Crippen molar-refractivity contribution in [3.05, 3.63) is 35.4 Å². The SMILES string of the molecule is Cc1cccc(CC2(NC(=O)CCN3CCCCC3=O)CC2)c1. The number of benzene rings is 1. The van der Waals surface area contributed by atoms with E-state index in [-0.39, 0.29) is 17.4 Å². The summed E-state index contributed by atoms with van der Waals surface area (Å²) in [6.45, 7) is 3.46. The first-order valence-electron chi connectivity index (χ1n) is 8.71. The Kier molecular flexibility index (Phi) is 4.69. The van der Waals surface area contributed by atoms with Gasteiger partial charge in [0.2, 0.25) is 11.8 Å². The Morgan fingerprint density at radius 3 is 2.83 bits per heavy atom. The molecule has 0 radical (unpaired) electrons. The largest absolute Gasteiger partial charge is 0.350 e. The number of nitrogens with one attached hydrogen (secondary N) is 1. The van der Waals surface area contributed by atoms with Crippen LogP contribution < -0.4 is 5.32 Å². The number of hydrogen-bond acceptors (Lipinski definition) is 2. The Bertz CT molecular complexity index is 593. The fourth-order valence-corrected chi connectivity index (χ4v) is 3.40. The first-order chi connectivity index (χ1) is 11.1. The number of amides is 2. The summed E-state index contributed by atoms with van der Waals surface area (Å²) < 4.78 is 0. The summed E-state index contributed by atoms with van der Waals surface area (Å²) in [4.78, 5) is 25.9.